The highest BCUT2D eigenvalue weighted by molar-refractivity contribution is 5.83. The van der Waals surface area contributed by atoms with Gasteiger partial charge in [-0.05, 0) is 49.2 Å². The van der Waals surface area contributed by atoms with Crippen molar-refractivity contribution in [1.82, 2.24) is 4.90 Å². The lowest BCUT2D eigenvalue weighted by Gasteiger charge is -2.31. The Kier molecular flexibility index (Phi) is 5.09. The molecule has 0 N–H and O–H groups in total. The fourth-order valence-corrected chi connectivity index (χ4v) is 3.64. The second-order valence-corrected chi connectivity index (χ2v) is 7.30. The van der Waals surface area contributed by atoms with E-state index in [0.717, 1.165) is 46.7 Å². The second-order valence-electron chi connectivity index (χ2n) is 7.30. The summed E-state index contributed by atoms with van der Waals surface area (Å²) in [6.07, 6.45) is -0.0507. The summed E-state index contributed by atoms with van der Waals surface area (Å²) in [5.74, 6) is 1.58. The van der Waals surface area contributed by atoms with E-state index in [1.54, 1.807) is 6.07 Å². The summed E-state index contributed by atoms with van der Waals surface area (Å²) in [5, 5.41) is 0.993. The smallest absolute Gasteiger partial charge is 0.336 e. The summed E-state index contributed by atoms with van der Waals surface area (Å²) in [6.45, 7) is 8.86. The van der Waals surface area contributed by atoms with Crippen LogP contribution >= 0.6 is 0 Å². The molecule has 0 amide bonds. The van der Waals surface area contributed by atoms with Gasteiger partial charge in [-0.1, -0.05) is 31.2 Å². The lowest BCUT2D eigenvalue weighted by molar-refractivity contribution is 0.0581. The zero-order valence-corrected chi connectivity index (χ0v) is 16.5. The molecule has 146 valence electrons. The molecule has 5 heteroatoms. The van der Waals surface area contributed by atoms with E-state index in [4.69, 9.17) is 13.9 Å². The maximum atomic E-state index is 12.1. The molecule has 1 aliphatic heterocycles. The molecule has 1 aliphatic rings. The van der Waals surface area contributed by atoms with Crippen molar-refractivity contribution in [2.45, 2.75) is 33.4 Å². The van der Waals surface area contributed by atoms with Gasteiger partial charge in [-0.2, -0.15) is 0 Å². The van der Waals surface area contributed by atoms with Gasteiger partial charge in [-0.15, -0.1) is 0 Å². The number of ether oxygens (including phenoxy) is 2. The van der Waals surface area contributed by atoms with Crippen LogP contribution in [0.3, 0.4) is 0 Å². The van der Waals surface area contributed by atoms with Crippen molar-refractivity contribution in [2.24, 2.45) is 0 Å². The number of likely N-dealkylation sites (N-methyl/N-ethyl adjacent to an activating group) is 1. The van der Waals surface area contributed by atoms with E-state index in [-0.39, 0.29) is 11.7 Å². The first-order valence-electron chi connectivity index (χ1n) is 9.69. The minimum Gasteiger partial charge on any atom is -0.486 e. The molecular weight excluding hydrogens is 354 g/mol. The maximum absolute atomic E-state index is 12.1. The molecule has 0 saturated carbocycles. The molecule has 5 nitrogen and oxygen atoms in total. The molecule has 0 aliphatic carbocycles. The van der Waals surface area contributed by atoms with E-state index in [2.05, 4.69) is 17.9 Å². The van der Waals surface area contributed by atoms with Gasteiger partial charge in [0.2, 0.25) is 0 Å². The van der Waals surface area contributed by atoms with Gasteiger partial charge >= 0.3 is 5.63 Å². The van der Waals surface area contributed by atoms with Crippen molar-refractivity contribution in [3.63, 3.8) is 0 Å². The highest BCUT2D eigenvalue weighted by Gasteiger charge is 2.23. The summed E-state index contributed by atoms with van der Waals surface area (Å²) in [4.78, 5) is 14.4. The van der Waals surface area contributed by atoms with Crippen LogP contribution in [0.4, 0.5) is 0 Å². The van der Waals surface area contributed by atoms with E-state index >= 15 is 0 Å². The Morgan fingerprint density at radius 1 is 1.11 bits per heavy atom. The molecule has 1 aromatic heterocycles. The maximum Gasteiger partial charge on any atom is 0.336 e. The van der Waals surface area contributed by atoms with E-state index in [1.807, 2.05) is 44.2 Å². The molecule has 2 heterocycles. The summed E-state index contributed by atoms with van der Waals surface area (Å²) < 4.78 is 17.4. The Bertz CT molecular complexity index is 1060. The van der Waals surface area contributed by atoms with Gasteiger partial charge in [-0.3, -0.25) is 4.90 Å². The van der Waals surface area contributed by atoms with Crippen LogP contribution in [0.1, 0.15) is 23.6 Å². The number of fused-ring (bicyclic) bond motifs is 2. The van der Waals surface area contributed by atoms with Gasteiger partial charge in [0.05, 0.1) is 0 Å². The number of hydrogen-bond donors (Lipinski definition) is 0. The molecule has 0 saturated heterocycles. The number of para-hydroxylation sites is 2. The largest absolute Gasteiger partial charge is 0.486 e. The van der Waals surface area contributed by atoms with Gasteiger partial charge in [0, 0.05) is 24.5 Å². The van der Waals surface area contributed by atoms with Crippen LogP contribution in [-0.2, 0) is 6.54 Å². The predicted molar refractivity (Wildman–Crippen MR) is 109 cm³/mol. The highest BCUT2D eigenvalue weighted by Crippen LogP contribution is 2.31. The van der Waals surface area contributed by atoms with E-state index in [0.29, 0.717) is 18.7 Å². The van der Waals surface area contributed by atoms with Gasteiger partial charge in [0.15, 0.2) is 11.5 Å². The SMILES string of the molecule is CCN(Cc1cc(=O)oc2c(C)c(C)ccc12)C[C@H]1COc2ccccc2O1. The quantitative estimate of drug-likeness (QED) is 0.626. The third kappa shape index (κ3) is 3.62. The van der Waals surface area contributed by atoms with Crippen LogP contribution in [0, 0.1) is 13.8 Å². The second kappa shape index (κ2) is 7.68. The third-order valence-electron chi connectivity index (χ3n) is 5.39. The van der Waals surface area contributed by atoms with Crippen LogP contribution in [0.5, 0.6) is 11.5 Å². The Hall–Kier alpha value is -2.79. The average molecular weight is 379 g/mol. The topological polar surface area (TPSA) is 51.9 Å². The van der Waals surface area contributed by atoms with Crippen molar-refractivity contribution >= 4 is 11.0 Å². The Balaban J connectivity index is 1.56. The predicted octanol–water partition coefficient (Wildman–Crippen LogP) is 4.07. The summed E-state index contributed by atoms with van der Waals surface area (Å²) >= 11 is 0. The molecular formula is C23H25NO4. The zero-order chi connectivity index (χ0) is 19.7. The van der Waals surface area contributed by atoms with Crippen molar-refractivity contribution in [2.75, 3.05) is 19.7 Å². The fraction of sp³-hybridized carbons (Fsp3) is 0.348. The molecule has 0 fully saturated rings. The van der Waals surface area contributed by atoms with E-state index in [1.165, 1.54) is 0 Å². The van der Waals surface area contributed by atoms with Gasteiger partial charge in [0.1, 0.15) is 18.3 Å². The number of rotatable bonds is 5. The minimum atomic E-state index is -0.307. The number of aryl methyl sites for hydroxylation is 2. The van der Waals surface area contributed by atoms with Crippen molar-refractivity contribution in [3.8, 4) is 11.5 Å². The molecule has 2 aromatic carbocycles. The minimum absolute atomic E-state index is 0.0507. The lowest BCUT2D eigenvalue weighted by atomic mass is 10.0. The molecule has 28 heavy (non-hydrogen) atoms. The van der Waals surface area contributed by atoms with Crippen LogP contribution in [-0.4, -0.2) is 30.7 Å². The standard InChI is InChI=1S/C23H25NO4/c1-4-24(13-18-14-26-20-7-5-6-8-21(20)27-18)12-17-11-22(25)28-23-16(3)15(2)9-10-19(17)23/h5-11,18H,4,12-14H2,1-3H3/t18-/m0/s1. The van der Waals surface area contributed by atoms with Crippen LogP contribution in [0.15, 0.2) is 51.7 Å². The molecule has 0 bridgehead atoms. The third-order valence-corrected chi connectivity index (χ3v) is 5.39. The molecule has 0 spiro atoms. The first-order valence-corrected chi connectivity index (χ1v) is 9.69. The van der Waals surface area contributed by atoms with Gasteiger partial charge in [-0.25, -0.2) is 4.79 Å². The van der Waals surface area contributed by atoms with Crippen LogP contribution in [0.25, 0.3) is 11.0 Å². The summed E-state index contributed by atoms with van der Waals surface area (Å²) in [6, 6.07) is 13.5. The first-order chi connectivity index (χ1) is 13.5. The van der Waals surface area contributed by atoms with E-state index < -0.39 is 0 Å². The fourth-order valence-electron chi connectivity index (χ4n) is 3.64. The Morgan fingerprint density at radius 2 is 1.89 bits per heavy atom. The summed E-state index contributed by atoms with van der Waals surface area (Å²) in [7, 11) is 0. The molecule has 3 aromatic rings. The summed E-state index contributed by atoms with van der Waals surface area (Å²) in [5.41, 5.74) is 3.49. The highest BCUT2D eigenvalue weighted by atomic mass is 16.6. The van der Waals surface area contributed by atoms with E-state index in [9.17, 15) is 4.79 Å². The van der Waals surface area contributed by atoms with Crippen molar-refractivity contribution in [3.05, 3.63) is 69.6 Å². The number of hydrogen-bond acceptors (Lipinski definition) is 5. The number of benzene rings is 2. The van der Waals surface area contributed by atoms with Crippen molar-refractivity contribution < 1.29 is 13.9 Å². The Labute approximate surface area is 164 Å². The normalized spacial score (nSPS) is 15.9. The van der Waals surface area contributed by atoms with Gasteiger partial charge in [0.25, 0.3) is 0 Å². The first kappa shape index (κ1) is 18.6. The van der Waals surface area contributed by atoms with Crippen molar-refractivity contribution in [1.29, 1.82) is 0 Å². The molecule has 0 unspecified atom stereocenters. The van der Waals surface area contributed by atoms with Gasteiger partial charge < -0.3 is 13.9 Å². The molecule has 4 rings (SSSR count). The molecule has 1 atom stereocenters. The lowest BCUT2D eigenvalue weighted by Crippen LogP contribution is -2.40. The zero-order valence-electron chi connectivity index (χ0n) is 16.5. The average Bonchev–Trinajstić information content (AvgIpc) is 2.70. The Morgan fingerprint density at radius 3 is 2.68 bits per heavy atom. The monoisotopic (exact) mass is 379 g/mol. The number of nitrogens with zero attached hydrogens (tertiary/aromatic N) is 1. The molecule has 0 radical (unpaired) electrons. The van der Waals surface area contributed by atoms with Crippen LogP contribution < -0.4 is 15.1 Å². The van der Waals surface area contributed by atoms with Crippen LogP contribution in [0.2, 0.25) is 0 Å².